The molecule has 1 heterocycles. The van der Waals surface area contributed by atoms with E-state index in [2.05, 4.69) is 18.2 Å². The van der Waals surface area contributed by atoms with Gasteiger partial charge in [-0.2, -0.15) is 5.26 Å². The lowest BCUT2D eigenvalue weighted by molar-refractivity contribution is -0.137. The number of hydrogen-bond donors (Lipinski definition) is 0. The highest BCUT2D eigenvalue weighted by Crippen LogP contribution is 2.19. The van der Waals surface area contributed by atoms with Crippen LogP contribution in [0.5, 0.6) is 0 Å². The second kappa shape index (κ2) is 9.70. The quantitative estimate of drug-likeness (QED) is 0.746. The van der Waals surface area contributed by atoms with E-state index in [1.807, 2.05) is 47.4 Å². The Hall–Kier alpha value is -3.13. The zero-order valence-electron chi connectivity index (χ0n) is 16.0. The molecule has 144 valence electrons. The highest BCUT2D eigenvalue weighted by atomic mass is 16.2. The van der Waals surface area contributed by atoms with E-state index in [9.17, 15) is 9.59 Å². The number of nitrogens with zero attached hydrogens (tertiary/aromatic N) is 3. The van der Waals surface area contributed by atoms with Gasteiger partial charge in [-0.1, -0.05) is 54.6 Å². The summed E-state index contributed by atoms with van der Waals surface area (Å²) in [5.74, 6) is -0.0624. The SMILES string of the molecule is N#CCCN(Cc1ccccc1)C(=O)CCC(=O)N1CCc2ccccc2C1. The highest BCUT2D eigenvalue weighted by Gasteiger charge is 2.22. The summed E-state index contributed by atoms with van der Waals surface area (Å²) in [4.78, 5) is 28.8. The molecule has 0 fully saturated rings. The van der Waals surface area contributed by atoms with Crippen LogP contribution in [0.4, 0.5) is 0 Å². The number of carbonyl (C=O) groups excluding carboxylic acids is 2. The molecular weight excluding hydrogens is 350 g/mol. The van der Waals surface area contributed by atoms with Gasteiger partial charge in [0.15, 0.2) is 0 Å². The first kappa shape index (κ1) is 19.6. The van der Waals surface area contributed by atoms with Gasteiger partial charge in [-0.15, -0.1) is 0 Å². The van der Waals surface area contributed by atoms with Crippen LogP contribution in [0.2, 0.25) is 0 Å². The molecule has 0 aliphatic carbocycles. The van der Waals surface area contributed by atoms with Crippen LogP contribution in [0.1, 0.15) is 36.0 Å². The molecule has 3 rings (SSSR count). The predicted molar refractivity (Wildman–Crippen MR) is 107 cm³/mol. The van der Waals surface area contributed by atoms with Crippen molar-refractivity contribution < 1.29 is 9.59 Å². The summed E-state index contributed by atoms with van der Waals surface area (Å²) in [7, 11) is 0. The molecule has 5 heteroatoms. The van der Waals surface area contributed by atoms with Crippen LogP contribution in [-0.2, 0) is 29.1 Å². The number of amides is 2. The second-order valence-electron chi connectivity index (χ2n) is 7.04. The molecule has 0 atom stereocenters. The van der Waals surface area contributed by atoms with Gasteiger partial charge in [-0.3, -0.25) is 9.59 Å². The van der Waals surface area contributed by atoms with Crippen molar-refractivity contribution in [2.24, 2.45) is 0 Å². The van der Waals surface area contributed by atoms with Gasteiger partial charge in [0.25, 0.3) is 0 Å². The Morgan fingerprint density at radius 2 is 1.71 bits per heavy atom. The van der Waals surface area contributed by atoms with Crippen molar-refractivity contribution in [3.8, 4) is 6.07 Å². The van der Waals surface area contributed by atoms with Crippen LogP contribution in [0.15, 0.2) is 54.6 Å². The minimum atomic E-state index is -0.0788. The van der Waals surface area contributed by atoms with Crippen LogP contribution >= 0.6 is 0 Å². The summed E-state index contributed by atoms with van der Waals surface area (Å²) >= 11 is 0. The molecule has 0 saturated carbocycles. The molecule has 0 radical (unpaired) electrons. The molecule has 0 aromatic heterocycles. The van der Waals surface area contributed by atoms with E-state index in [-0.39, 0.29) is 31.1 Å². The van der Waals surface area contributed by atoms with E-state index in [0.717, 1.165) is 12.0 Å². The standard InChI is InChI=1S/C23H25N3O2/c24-14-6-15-25(17-19-7-2-1-3-8-19)22(27)11-12-23(28)26-16-13-20-9-4-5-10-21(20)18-26/h1-5,7-10H,6,11-13,15-18H2. The van der Waals surface area contributed by atoms with Gasteiger partial charge < -0.3 is 9.80 Å². The first-order chi connectivity index (χ1) is 13.7. The van der Waals surface area contributed by atoms with Crippen molar-refractivity contribution in [1.82, 2.24) is 9.80 Å². The van der Waals surface area contributed by atoms with E-state index in [1.54, 1.807) is 4.90 Å². The maximum atomic E-state index is 12.7. The van der Waals surface area contributed by atoms with Gasteiger partial charge in [0.2, 0.25) is 11.8 Å². The zero-order chi connectivity index (χ0) is 19.8. The molecule has 5 nitrogen and oxygen atoms in total. The van der Waals surface area contributed by atoms with E-state index in [0.29, 0.717) is 26.2 Å². The van der Waals surface area contributed by atoms with Gasteiger partial charge in [-0.05, 0) is 23.1 Å². The maximum Gasteiger partial charge on any atom is 0.223 e. The van der Waals surface area contributed by atoms with Crippen molar-refractivity contribution in [1.29, 1.82) is 5.26 Å². The fraction of sp³-hybridized carbons (Fsp3) is 0.348. The minimum Gasteiger partial charge on any atom is -0.338 e. The van der Waals surface area contributed by atoms with E-state index in [4.69, 9.17) is 5.26 Å². The number of benzene rings is 2. The molecule has 0 unspecified atom stereocenters. The van der Waals surface area contributed by atoms with Crippen molar-refractivity contribution in [3.05, 3.63) is 71.3 Å². The van der Waals surface area contributed by atoms with Crippen molar-refractivity contribution >= 4 is 11.8 Å². The number of hydrogen-bond acceptors (Lipinski definition) is 3. The third-order valence-corrected chi connectivity index (χ3v) is 5.10. The third-order valence-electron chi connectivity index (χ3n) is 5.10. The summed E-state index contributed by atoms with van der Waals surface area (Å²) in [5.41, 5.74) is 3.51. The Labute approximate surface area is 166 Å². The Balaban J connectivity index is 1.55. The first-order valence-electron chi connectivity index (χ1n) is 9.70. The van der Waals surface area contributed by atoms with Crippen molar-refractivity contribution in [2.75, 3.05) is 13.1 Å². The molecule has 28 heavy (non-hydrogen) atoms. The third kappa shape index (κ3) is 5.20. The van der Waals surface area contributed by atoms with Crippen LogP contribution < -0.4 is 0 Å². The second-order valence-corrected chi connectivity index (χ2v) is 7.04. The molecule has 0 N–H and O–H groups in total. The lowest BCUT2D eigenvalue weighted by atomic mass is 9.99. The normalized spacial score (nSPS) is 12.8. The summed E-state index contributed by atoms with van der Waals surface area (Å²) in [5, 5.41) is 8.88. The topological polar surface area (TPSA) is 64.4 Å². The van der Waals surface area contributed by atoms with Gasteiger partial charge in [0.1, 0.15) is 0 Å². The average Bonchev–Trinajstić information content (AvgIpc) is 2.75. The summed E-state index contributed by atoms with van der Waals surface area (Å²) in [6.07, 6.45) is 1.53. The number of rotatable bonds is 7. The molecule has 2 aromatic carbocycles. The van der Waals surface area contributed by atoms with E-state index in [1.165, 1.54) is 11.1 Å². The Kier molecular flexibility index (Phi) is 6.80. The number of nitriles is 1. The van der Waals surface area contributed by atoms with Crippen molar-refractivity contribution in [3.63, 3.8) is 0 Å². The summed E-state index contributed by atoms with van der Waals surface area (Å²) in [6.45, 7) is 2.17. The Morgan fingerprint density at radius 1 is 1.00 bits per heavy atom. The van der Waals surface area contributed by atoms with Crippen LogP contribution in [0.25, 0.3) is 0 Å². The molecule has 1 aliphatic rings. The molecular formula is C23H25N3O2. The van der Waals surface area contributed by atoms with Crippen LogP contribution in [0, 0.1) is 11.3 Å². The molecule has 2 aromatic rings. The zero-order valence-corrected chi connectivity index (χ0v) is 16.0. The smallest absolute Gasteiger partial charge is 0.223 e. The lowest BCUT2D eigenvalue weighted by Gasteiger charge is -2.29. The van der Waals surface area contributed by atoms with Gasteiger partial charge in [0, 0.05) is 39.0 Å². The van der Waals surface area contributed by atoms with Crippen LogP contribution in [-0.4, -0.2) is 34.7 Å². The van der Waals surface area contributed by atoms with Gasteiger partial charge >= 0.3 is 0 Å². The molecule has 2 amide bonds. The monoisotopic (exact) mass is 375 g/mol. The van der Waals surface area contributed by atoms with E-state index < -0.39 is 0 Å². The molecule has 0 saturated heterocycles. The molecule has 0 bridgehead atoms. The fourth-order valence-electron chi connectivity index (χ4n) is 3.52. The lowest BCUT2D eigenvalue weighted by Crippen LogP contribution is -2.37. The highest BCUT2D eigenvalue weighted by molar-refractivity contribution is 5.84. The first-order valence-corrected chi connectivity index (χ1v) is 9.70. The van der Waals surface area contributed by atoms with Gasteiger partial charge in [0.05, 0.1) is 12.5 Å². The van der Waals surface area contributed by atoms with Crippen LogP contribution in [0.3, 0.4) is 0 Å². The van der Waals surface area contributed by atoms with E-state index >= 15 is 0 Å². The predicted octanol–water partition coefficient (Wildman–Crippen LogP) is 3.29. The summed E-state index contributed by atoms with van der Waals surface area (Å²) in [6, 6.07) is 20.0. The molecule has 1 aliphatic heterocycles. The number of carbonyl (C=O) groups is 2. The Morgan fingerprint density at radius 3 is 2.46 bits per heavy atom. The van der Waals surface area contributed by atoms with Gasteiger partial charge in [-0.25, -0.2) is 0 Å². The number of fused-ring (bicyclic) bond motifs is 1. The van der Waals surface area contributed by atoms with Crippen molar-refractivity contribution in [2.45, 2.75) is 38.8 Å². The maximum absolute atomic E-state index is 12.7. The fourth-order valence-corrected chi connectivity index (χ4v) is 3.52. The Bertz CT molecular complexity index is 858. The largest absolute Gasteiger partial charge is 0.338 e. The minimum absolute atomic E-state index is 0.0165. The average molecular weight is 375 g/mol. The summed E-state index contributed by atoms with van der Waals surface area (Å²) < 4.78 is 0. The molecule has 0 spiro atoms.